The normalized spacial score (nSPS) is 11.4. The fourth-order valence-corrected chi connectivity index (χ4v) is 5.74. The molecule has 2 aromatic carbocycles. The lowest BCUT2D eigenvalue weighted by molar-refractivity contribution is 0.0955. The summed E-state index contributed by atoms with van der Waals surface area (Å²) in [5.74, 6) is 0.285. The molecule has 0 fully saturated rings. The number of carbonyl (C=O) groups excluding carboxylic acids is 1. The summed E-state index contributed by atoms with van der Waals surface area (Å²) in [6.45, 7) is 0.273. The Hall–Kier alpha value is -2.94. The summed E-state index contributed by atoms with van der Waals surface area (Å²) in [5, 5.41) is 3.92. The molecule has 1 N–H and O–H groups in total. The van der Waals surface area contributed by atoms with E-state index in [4.69, 9.17) is 16.3 Å². The second kappa shape index (κ2) is 8.66. The molecule has 158 valence electrons. The molecule has 6 nitrogen and oxygen atoms in total. The number of methoxy groups -OCH3 is 1. The van der Waals surface area contributed by atoms with Gasteiger partial charge < -0.3 is 10.1 Å². The van der Waals surface area contributed by atoms with E-state index >= 15 is 0 Å². The number of benzene rings is 2. The van der Waals surface area contributed by atoms with Gasteiger partial charge in [-0.2, -0.15) is 0 Å². The minimum atomic E-state index is -3.78. The molecule has 4 rings (SSSR count). The summed E-state index contributed by atoms with van der Waals surface area (Å²) in [6, 6.07) is 14.5. The lowest BCUT2D eigenvalue weighted by Gasteiger charge is -2.09. The summed E-state index contributed by atoms with van der Waals surface area (Å²) >= 11 is 7.51. The first-order valence-electron chi connectivity index (χ1n) is 9.18. The van der Waals surface area contributed by atoms with Crippen molar-refractivity contribution in [2.45, 2.75) is 16.3 Å². The van der Waals surface area contributed by atoms with Gasteiger partial charge in [0, 0.05) is 25.0 Å². The molecule has 0 atom stereocenters. The van der Waals surface area contributed by atoms with Crippen LogP contribution in [0, 0.1) is 0 Å². The number of rotatable bonds is 6. The van der Waals surface area contributed by atoms with Gasteiger partial charge in [0.2, 0.25) is 9.84 Å². The van der Waals surface area contributed by atoms with Gasteiger partial charge in [-0.05, 0) is 47.3 Å². The van der Waals surface area contributed by atoms with Crippen LogP contribution < -0.4 is 10.1 Å². The Labute approximate surface area is 188 Å². The third-order valence-corrected chi connectivity index (χ3v) is 8.00. The maximum absolute atomic E-state index is 12.9. The second-order valence-corrected chi connectivity index (χ2v) is 10.1. The number of amides is 1. The SMILES string of the molecule is COc1ccc(S(=O)(=O)c2ccc(CNC(=O)c3cc4ccncc4s3)cc2)c(Cl)c1. The van der Waals surface area contributed by atoms with Gasteiger partial charge in [-0.25, -0.2) is 8.42 Å². The maximum Gasteiger partial charge on any atom is 0.261 e. The van der Waals surface area contributed by atoms with E-state index in [1.807, 2.05) is 12.1 Å². The topological polar surface area (TPSA) is 85.4 Å². The fraction of sp³-hybridized carbons (Fsp3) is 0.0909. The molecule has 0 unspecified atom stereocenters. The average molecular weight is 473 g/mol. The van der Waals surface area contributed by atoms with Crippen LogP contribution in [0.5, 0.6) is 5.75 Å². The number of nitrogens with one attached hydrogen (secondary N) is 1. The van der Waals surface area contributed by atoms with Crippen LogP contribution in [0.4, 0.5) is 0 Å². The summed E-state index contributed by atoms with van der Waals surface area (Å²) in [4.78, 5) is 17.2. The van der Waals surface area contributed by atoms with E-state index in [2.05, 4.69) is 10.3 Å². The van der Waals surface area contributed by atoms with Crippen LogP contribution in [0.25, 0.3) is 10.1 Å². The molecule has 1 amide bonds. The van der Waals surface area contributed by atoms with Crippen molar-refractivity contribution in [1.29, 1.82) is 0 Å². The molecular formula is C22H17ClN2O4S2. The van der Waals surface area contributed by atoms with E-state index in [9.17, 15) is 13.2 Å². The van der Waals surface area contributed by atoms with Crippen molar-refractivity contribution in [2.75, 3.05) is 7.11 Å². The number of pyridine rings is 1. The number of hydrogen-bond donors (Lipinski definition) is 1. The lowest BCUT2D eigenvalue weighted by atomic mass is 10.2. The van der Waals surface area contributed by atoms with E-state index in [1.54, 1.807) is 30.6 Å². The van der Waals surface area contributed by atoms with Gasteiger partial charge in [-0.3, -0.25) is 9.78 Å². The summed E-state index contributed by atoms with van der Waals surface area (Å²) in [6.07, 6.45) is 3.41. The van der Waals surface area contributed by atoms with Crippen LogP contribution in [0.3, 0.4) is 0 Å². The average Bonchev–Trinajstić information content (AvgIpc) is 3.22. The summed E-state index contributed by atoms with van der Waals surface area (Å²) < 4.78 is 31.8. The molecule has 0 spiro atoms. The van der Waals surface area contributed by atoms with Crippen molar-refractivity contribution in [3.8, 4) is 5.75 Å². The highest BCUT2D eigenvalue weighted by atomic mass is 35.5. The number of halogens is 1. The zero-order valence-electron chi connectivity index (χ0n) is 16.3. The number of carbonyl (C=O) groups is 1. The molecule has 2 aromatic heterocycles. The van der Waals surface area contributed by atoms with Gasteiger partial charge in [-0.15, -0.1) is 11.3 Å². The molecular weight excluding hydrogens is 456 g/mol. The smallest absolute Gasteiger partial charge is 0.261 e. The van der Waals surface area contributed by atoms with Gasteiger partial charge in [0.25, 0.3) is 5.91 Å². The van der Waals surface area contributed by atoms with Crippen LogP contribution >= 0.6 is 22.9 Å². The predicted molar refractivity (Wildman–Crippen MR) is 121 cm³/mol. The van der Waals surface area contributed by atoms with E-state index in [1.165, 1.54) is 42.7 Å². The molecule has 0 saturated carbocycles. The fourth-order valence-electron chi connectivity index (χ4n) is 3.01. The highest BCUT2D eigenvalue weighted by Crippen LogP contribution is 2.31. The van der Waals surface area contributed by atoms with Gasteiger partial charge in [0.15, 0.2) is 0 Å². The molecule has 31 heavy (non-hydrogen) atoms. The number of hydrogen-bond acceptors (Lipinski definition) is 6. The van der Waals surface area contributed by atoms with Gasteiger partial charge >= 0.3 is 0 Å². The van der Waals surface area contributed by atoms with Crippen molar-refractivity contribution in [1.82, 2.24) is 10.3 Å². The number of sulfone groups is 1. The zero-order chi connectivity index (χ0) is 22.0. The van der Waals surface area contributed by atoms with Crippen LogP contribution in [0.15, 0.2) is 76.8 Å². The molecule has 4 aromatic rings. The second-order valence-electron chi connectivity index (χ2n) is 6.65. The molecule has 0 radical (unpaired) electrons. The lowest BCUT2D eigenvalue weighted by Crippen LogP contribution is -2.21. The molecule has 9 heteroatoms. The Morgan fingerprint density at radius 3 is 2.58 bits per heavy atom. The van der Waals surface area contributed by atoms with Crippen LogP contribution in [-0.4, -0.2) is 26.4 Å². The van der Waals surface area contributed by atoms with Gasteiger partial charge in [0.05, 0.1) is 31.5 Å². The Kier molecular flexibility index (Phi) is 5.95. The molecule has 0 aliphatic heterocycles. The first-order chi connectivity index (χ1) is 14.9. The van der Waals surface area contributed by atoms with Crippen molar-refractivity contribution in [2.24, 2.45) is 0 Å². The van der Waals surface area contributed by atoms with Crippen molar-refractivity contribution in [3.63, 3.8) is 0 Å². The Balaban J connectivity index is 1.47. The first-order valence-corrected chi connectivity index (χ1v) is 11.9. The summed E-state index contributed by atoms with van der Waals surface area (Å²) in [7, 11) is -2.30. The zero-order valence-corrected chi connectivity index (χ0v) is 18.7. The van der Waals surface area contributed by atoms with E-state index in [-0.39, 0.29) is 27.3 Å². The number of fused-ring (bicyclic) bond motifs is 1. The van der Waals surface area contributed by atoms with E-state index < -0.39 is 9.84 Å². The predicted octanol–water partition coefficient (Wildman–Crippen LogP) is 4.72. The first kappa shape index (κ1) is 21.3. The monoisotopic (exact) mass is 472 g/mol. The minimum Gasteiger partial charge on any atom is -0.497 e. The molecule has 0 saturated heterocycles. The molecule has 2 heterocycles. The standard InChI is InChI=1S/C22H17ClN2O4S2/c1-29-16-4-7-21(18(23)11-16)31(27,28)17-5-2-14(3-6-17)12-25-22(26)19-10-15-8-9-24-13-20(15)30-19/h2-11,13H,12H2,1H3,(H,25,26). The minimum absolute atomic E-state index is 0.00951. The Morgan fingerprint density at radius 1 is 1.13 bits per heavy atom. The van der Waals surface area contributed by atoms with Crippen molar-refractivity contribution >= 4 is 48.8 Å². The molecule has 0 aliphatic carbocycles. The maximum atomic E-state index is 12.9. The van der Waals surface area contributed by atoms with E-state index in [0.29, 0.717) is 10.6 Å². The number of ether oxygens (including phenoxy) is 1. The Morgan fingerprint density at radius 2 is 1.90 bits per heavy atom. The van der Waals surface area contributed by atoms with Crippen molar-refractivity contribution < 1.29 is 17.9 Å². The molecule has 0 bridgehead atoms. The van der Waals surface area contributed by atoms with Crippen LogP contribution in [-0.2, 0) is 16.4 Å². The largest absolute Gasteiger partial charge is 0.497 e. The van der Waals surface area contributed by atoms with Crippen LogP contribution in [0.1, 0.15) is 15.2 Å². The number of thiophene rings is 1. The highest BCUT2D eigenvalue weighted by molar-refractivity contribution is 7.91. The summed E-state index contributed by atoms with van der Waals surface area (Å²) in [5.41, 5.74) is 0.774. The van der Waals surface area contributed by atoms with E-state index in [0.717, 1.165) is 15.6 Å². The van der Waals surface area contributed by atoms with Gasteiger partial charge in [-0.1, -0.05) is 23.7 Å². The molecule has 0 aliphatic rings. The van der Waals surface area contributed by atoms with Gasteiger partial charge in [0.1, 0.15) is 5.75 Å². The third kappa shape index (κ3) is 4.41. The quantitative estimate of drug-likeness (QED) is 0.439. The highest BCUT2D eigenvalue weighted by Gasteiger charge is 2.21. The van der Waals surface area contributed by atoms with Crippen molar-refractivity contribution in [3.05, 3.63) is 82.5 Å². The van der Waals surface area contributed by atoms with Crippen LogP contribution in [0.2, 0.25) is 5.02 Å². The number of nitrogens with zero attached hydrogens (tertiary/aromatic N) is 1. The third-order valence-electron chi connectivity index (χ3n) is 4.66. The Bertz CT molecular complexity index is 1330. The number of aromatic nitrogens is 1.